The molecule has 0 atom stereocenters. The maximum Gasteiger partial charge on any atom is 0.376 e. The number of oxazole rings is 1. The van der Waals surface area contributed by atoms with E-state index in [1.54, 1.807) is 0 Å². The van der Waals surface area contributed by atoms with Crippen LogP contribution < -0.4 is 0 Å². The highest BCUT2D eigenvalue weighted by atomic mass is 79.9. The number of ether oxygens (including phenoxy) is 2. The standard InChI is InChI=1S/C14H14BrNO4/c1-8-4-9(6-10(15)5-8)13-16-11(7-18-2)12(20-13)14(17)19-3/h4-6H,7H2,1-3H3. The number of rotatable bonds is 4. The number of hydrogen-bond acceptors (Lipinski definition) is 5. The van der Waals surface area contributed by atoms with Gasteiger partial charge in [0.2, 0.25) is 11.7 Å². The number of esters is 1. The van der Waals surface area contributed by atoms with Crippen LogP contribution in [0.25, 0.3) is 11.5 Å². The number of benzene rings is 1. The van der Waals surface area contributed by atoms with E-state index in [1.807, 2.05) is 25.1 Å². The molecule has 0 unspecified atom stereocenters. The lowest BCUT2D eigenvalue weighted by Crippen LogP contribution is -2.04. The lowest BCUT2D eigenvalue weighted by atomic mass is 10.1. The Morgan fingerprint density at radius 3 is 2.70 bits per heavy atom. The van der Waals surface area contributed by atoms with Gasteiger partial charge in [-0.2, -0.15) is 0 Å². The number of nitrogens with zero attached hydrogens (tertiary/aromatic N) is 1. The number of methoxy groups -OCH3 is 2. The molecule has 106 valence electrons. The number of carbonyl (C=O) groups excluding carboxylic acids is 1. The van der Waals surface area contributed by atoms with Crippen molar-refractivity contribution in [2.24, 2.45) is 0 Å². The highest BCUT2D eigenvalue weighted by Gasteiger charge is 2.21. The van der Waals surface area contributed by atoms with Gasteiger partial charge >= 0.3 is 5.97 Å². The Bertz CT molecular complexity index is 616. The zero-order chi connectivity index (χ0) is 14.7. The molecule has 5 nitrogen and oxygen atoms in total. The molecular formula is C14H14BrNO4. The van der Waals surface area contributed by atoms with Gasteiger partial charge in [0.1, 0.15) is 5.69 Å². The van der Waals surface area contributed by atoms with Gasteiger partial charge in [0, 0.05) is 17.1 Å². The van der Waals surface area contributed by atoms with Crippen molar-refractivity contribution in [1.29, 1.82) is 0 Å². The molecule has 0 aliphatic heterocycles. The topological polar surface area (TPSA) is 61.6 Å². The van der Waals surface area contributed by atoms with E-state index in [4.69, 9.17) is 9.15 Å². The third kappa shape index (κ3) is 3.08. The molecule has 0 fully saturated rings. The van der Waals surface area contributed by atoms with Gasteiger partial charge in [-0.15, -0.1) is 0 Å². The molecule has 0 saturated heterocycles. The molecule has 2 rings (SSSR count). The van der Waals surface area contributed by atoms with Crippen molar-refractivity contribution in [3.8, 4) is 11.5 Å². The number of halogens is 1. The first-order valence-corrected chi connectivity index (χ1v) is 6.69. The van der Waals surface area contributed by atoms with Crippen LogP contribution >= 0.6 is 15.9 Å². The molecule has 0 amide bonds. The van der Waals surface area contributed by atoms with Gasteiger partial charge in [0.05, 0.1) is 13.7 Å². The second kappa shape index (κ2) is 6.19. The van der Waals surface area contributed by atoms with E-state index in [9.17, 15) is 4.79 Å². The Labute approximate surface area is 125 Å². The Hall–Kier alpha value is -1.66. The molecule has 0 spiro atoms. The summed E-state index contributed by atoms with van der Waals surface area (Å²) in [7, 11) is 2.82. The molecule has 1 aromatic carbocycles. The molecule has 1 heterocycles. The highest BCUT2D eigenvalue weighted by molar-refractivity contribution is 9.10. The van der Waals surface area contributed by atoms with Crippen LogP contribution in [0.5, 0.6) is 0 Å². The minimum absolute atomic E-state index is 0.0713. The molecule has 2 aromatic rings. The van der Waals surface area contributed by atoms with Gasteiger partial charge in [-0.3, -0.25) is 0 Å². The number of aryl methyl sites for hydroxylation is 1. The average molecular weight is 340 g/mol. The molecule has 20 heavy (non-hydrogen) atoms. The van der Waals surface area contributed by atoms with Crippen LogP contribution in [0.2, 0.25) is 0 Å². The molecule has 0 aliphatic rings. The first-order chi connectivity index (χ1) is 9.55. The number of aromatic nitrogens is 1. The summed E-state index contributed by atoms with van der Waals surface area (Å²) in [6, 6.07) is 5.77. The van der Waals surface area contributed by atoms with Gasteiger partial charge in [0.15, 0.2) is 0 Å². The van der Waals surface area contributed by atoms with E-state index < -0.39 is 5.97 Å². The van der Waals surface area contributed by atoms with Crippen molar-refractivity contribution < 1.29 is 18.7 Å². The van der Waals surface area contributed by atoms with E-state index in [0.29, 0.717) is 11.6 Å². The third-order valence-electron chi connectivity index (χ3n) is 2.64. The van der Waals surface area contributed by atoms with Gasteiger partial charge < -0.3 is 13.9 Å². The smallest absolute Gasteiger partial charge is 0.376 e. The van der Waals surface area contributed by atoms with Crippen LogP contribution in [0.3, 0.4) is 0 Å². The van der Waals surface area contributed by atoms with Crippen molar-refractivity contribution >= 4 is 21.9 Å². The monoisotopic (exact) mass is 339 g/mol. The average Bonchev–Trinajstić information content (AvgIpc) is 2.81. The third-order valence-corrected chi connectivity index (χ3v) is 3.10. The van der Waals surface area contributed by atoms with E-state index in [0.717, 1.165) is 15.6 Å². The maximum atomic E-state index is 11.7. The van der Waals surface area contributed by atoms with Crippen LogP contribution in [0, 0.1) is 6.92 Å². The Morgan fingerprint density at radius 1 is 1.35 bits per heavy atom. The fourth-order valence-electron chi connectivity index (χ4n) is 1.82. The second-order valence-electron chi connectivity index (χ2n) is 4.24. The number of carbonyl (C=O) groups is 1. The summed E-state index contributed by atoms with van der Waals surface area (Å²) in [6.45, 7) is 2.15. The van der Waals surface area contributed by atoms with E-state index in [1.165, 1.54) is 14.2 Å². The summed E-state index contributed by atoms with van der Waals surface area (Å²) < 4.78 is 16.1. The Morgan fingerprint density at radius 2 is 2.10 bits per heavy atom. The largest absolute Gasteiger partial charge is 0.463 e. The van der Waals surface area contributed by atoms with Gasteiger partial charge in [-0.1, -0.05) is 15.9 Å². The molecule has 0 saturated carbocycles. The predicted molar refractivity (Wildman–Crippen MR) is 76.4 cm³/mol. The number of hydrogen-bond donors (Lipinski definition) is 0. The summed E-state index contributed by atoms with van der Waals surface area (Å²) in [6.07, 6.45) is 0. The van der Waals surface area contributed by atoms with Crippen LogP contribution in [-0.2, 0) is 16.1 Å². The molecule has 6 heteroatoms. The van der Waals surface area contributed by atoms with E-state index in [-0.39, 0.29) is 12.4 Å². The summed E-state index contributed by atoms with van der Waals surface area (Å²) in [5, 5.41) is 0. The van der Waals surface area contributed by atoms with Gasteiger partial charge in [0.25, 0.3) is 0 Å². The van der Waals surface area contributed by atoms with Crippen molar-refractivity contribution in [3.05, 3.63) is 39.7 Å². The molecule has 1 aromatic heterocycles. The van der Waals surface area contributed by atoms with Gasteiger partial charge in [-0.25, -0.2) is 9.78 Å². The van der Waals surface area contributed by atoms with Crippen molar-refractivity contribution in [2.75, 3.05) is 14.2 Å². The maximum absolute atomic E-state index is 11.7. The predicted octanol–water partition coefficient (Wildman–Crippen LogP) is 3.35. The summed E-state index contributed by atoms with van der Waals surface area (Å²) >= 11 is 3.42. The quantitative estimate of drug-likeness (QED) is 0.799. The first kappa shape index (κ1) is 14.7. The fourth-order valence-corrected chi connectivity index (χ4v) is 2.43. The minimum Gasteiger partial charge on any atom is -0.463 e. The molecular weight excluding hydrogens is 326 g/mol. The highest BCUT2D eigenvalue weighted by Crippen LogP contribution is 2.27. The molecule has 0 aliphatic carbocycles. The Kier molecular flexibility index (Phi) is 4.57. The normalized spacial score (nSPS) is 10.6. The van der Waals surface area contributed by atoms with Crippen molar-refractivity contribution in [1.82, 2.24) is 4.98 Å². The fraction of sp³-hybridized carbons (Fsp3) is 0.286. The lowest BCUT2D eigenvalue weighted by molar-refractivity contribution is 0.0559. The summed E-state index contributed by atoms with van der Waals surface area (Å²) in [5.74, 6) is -0.133. The zero-order valence-corrected chi connectivity index (χ0v) is 13.0. The minimum atomic E-state index is -0.567. The van der Waals surface area contributed by atoms with Gasteiger partial charge in [-0.05, 0) is 30.7 Å². The van der Waals surface area contributed by atoms with Crippen LogP contribution in [-0.4, -0.2) is 25.2 Å². The van der Waals surface area contributed by atoms with Crippen molar-refractivity contribution in [2.45, 2.75) is 13.5 Å². The molecule has 0 N–H and O–H groups in total. The molecule has 0 radical (unpaired) electrons. The summed E-state index contributed by atoms with van der Waals surface area (Å²) in [5.41, 5.74) is 2.26. The van der Waals surface area contributed by atoms with Crippen molar-refractivity contribution in [3.63, 3.8) is 0 Å². The van der Waals surface area contributed by atoms with E-state index >= 15 is 0 Å². The zero-order valence-electron chi connectivity index (χ0n) is 11.4. The first-order valence-electron chi connectivity index (χ1n) is 5.89. The Balaban J connectivity index is 2.49. The van der Waals surface area contributed by atoms with Crippen LogP contribution in [0.15, 0.2) is 27.1 Å². The van der Waals surface area contributed by atoms with E-state index in [2.05, 4.69) is 25.7 Å². The SMILES string of the molecule is COCc1nc(-c2cc(C)cc(Br)c2)oc1C(=O)OC. The molecule has 0 bridgehead atoms. The van der Waals surface area contributed by atoms with Crippen LogP contribution in [0.4, 0.5) is 0 Å². The summed E-state index contributed by atoms with van der Waals surface area (Å²) in [4.78, 5) is 16.0. The second-order valence-corrected chi connectivity index (χ2v) is 5.15. The lowest BCUT2D eigenvalue weighted by Gasteiger charge is -1.99. The van der Waals surface area contributed by atoms with Crippen LogP contribution in [0.1, 0.15) is 21.8 Å².